The van der Waals surface area contributed by atoms with Crippen molar-refractivity contribution in [3.63, 3.8) is 0 Å². The average Bonchev–Trinajstić information content (AvgIpc) is 3.69. The molecule has 3 aromatic rings. The normalized spacial score (nSPS) is 19.7. The van der Waals surface area contributed by atoms with Gasteiger partial charge in [-0.05, 0) is 55.0 Å². The van der Waals surface area contributed by atoms with Gasteiger partial charge in [-0.25, -0.2) is 4.98 Å². The average molecular weight is 546 g/mol. The number of amides is 2. The van der Waals surface area contributed by atoms with Gasteiger partial charge in [0.15, 0.2) is 0 Å². The van der Waals surface area contributed by atoms with E-state index in [1.165, 1.54) is 22.5 Å². The third-order valence-electron chi connectivity index (χ3n) is 8.16. The number of rotatable bonds is 6. The zero-order chi connectivity index (χ0) is 26.8. The Morgan fingerprint density at radius 1 is 1.05 bits per heavy atom. The predicted molar refractivity (Wildman–Crippen MR) is 150 cm³/mol. The van der Waals surface area contributed by atoms with E-state index in [2.05, 4.69) is 53.2 Å². The number of aromatic nitrogens is 1. The Balaban J connectivity index is 1.22. The summed E-state index contributed by atoms with van der Waals surface area (Å²) in [7, 11) is 0. The predicted octanol–water partition coefficient (Wildman–Crippen LogP) is 5.17. The van der Waals surface area contributed by atoms with Crippen molar-refractivity contribution in [3.05, 3.63) is 80.8 Å². The molecule has 204 valence electrons. The summed E-state index contributed by atoms with van der Waals surface area (Å²) in [6.07, 6.45) is 5.12. The topological polar surface area (TPSA) is 72.0 Å². The molecule has 1 saturated carbocycles. The summed E-state index contributed by atoms with van der Waals surface area (Å²) in [6, 6.07) is 14.7. The maximum absolute atomic E-state index is 13.7. The van der Waals surface area contributed by atoms with E-state index in [1.54, 1.807) is 4.90 Å². The van der Waals surface area contributed by atoms with Gasteiger partial charge in [0.2, 0.25) is 5.91 Å². The van der Waals surface area contributed by atoms with Crippen molar-refractivity contribution < 1.29 is 19.1 Å². The van der Waals surface area contributed by atoms with E-state index in [1.807, 2.05) is 11.4 Å². The van der Waals surface area contributed by atoms with E-state index < -0.39 is 0 Å². The highest BCUT2D eigenvalue weighted by molar-refractivity contribution is 7.09. The summed E-state index contributed by atoms with van der Waals surface area (Å²) in [5.41, 5.74) is 5.20. The van der Waals surface area contributed by atoms with Crippen LogP contribution in [0, 0.1) is 12.8 Å². The summed E-state index contributed by atoms with van der Waals surface area (Å²) in [6.45, 7) is 5.44. The first-order valence-corrected chi connectivity index (χ1v) is 14.9. The van der Waals surface area contributed by atoms with E-state index >= 15 is 0 Å². The van der Waals surface area contributed by atoms with Crippen LogP contribution in [0.15, 0.2) is 47.8 Å². The maximum atomic E-state index is 13.7. The lowest BCUT2D eigenvalue weighted by molar-refractivity contribution is -0.137. The molecule has 0 N–H and O–H groups in total. The van der Waals surface area contributed by atoms with Gasteiger partial charge < -0.3 is 19.3 Å². The molecule has 6 rings (SSSR count). The summed E-state index contributed by atoms with van der Waals surface area (Å²) in [5, 5.41) is 2.57. The molecule has 8 heteroatoms. The first-order chi connectivity index (χ1) is 19.1. The van der Waals surface area contributed by atoms with Crippen LogP contribution in [-0.4, -0.2) is 59.4 Å². The minimum atomic E-state index is -0.122. The van der Waals surface area contributed by atoms with Crippen molar-refractivity contribution in [2.24, 2.45) is 5.92 Å². The molecule has 0 bridgehead atoms. The number of carbonyl (C=O) groups is 2. The van der Waals surface area contributed by atoms with Crippen molar-refractivity contribution in [2.45, 2.75) is 51.7 Å². The Hall–Kier alpha value is -3.23. The lowest BCUT2D eigenvalue weighted by atomic mass is 9.86. The third kappa shape index (κ3) is 5.58. The standard InChI is InChI=1S/C31H35N3O4S/c1-21-6-8-23(9-7-21)29-26-18-25(11-10-22(26)12-13-34(29)30(35)24-4-2-3-5-24)38-19-28-32-27(20-39-28)31(36)33-14-16-37-17-15-33/h6-11,18,20,24,29H,2-5,12-17,19H2,1H3/t29-/m1/s1. The highest BCUT2D eigenvalue weighted by Gasteiger charge is 2.36. The molecule has 1 aromatic heterocycles. The minimum absolute atomic E-state index is 0.0532. The minimum Gasteiger partial charge on any atom is -0.486 e. The van der Waals surface area contributed by atoms with Crippen LogP contribution in [-0.2, 0) is 22.6 Å². The number of benzene rings is 2. The number of thiazole rings is 1. The second kappa shape index (κ2) is 11.5. The highest BCUT2D eigenvalue weighted by Crippen LogP contribution is 2.40. The van der Waals surface area contributed by atoms with Crippen LogP contribution in [0.2, 0.25) is 0 Å². The molecule has 1 aliphatic carbocycles. The lowest BCUT2D eigenvalue weighted by Gasteiger charge is -2.39. The fraction of sp³-hybridized carbons (Fsp3) is 0.452. The van der Waals surface area contributed by atoms with E-state index in [-0.39, 0.29) is 23.8 Å². The Bertz CT molecular complexity index is 1330. The number of hydrogen-bond donors (Lipinski definition) is 0. The van der Waals surface area contributed by atoms with Crippen LogP contribution in [0.25, 0.3) is 0 Å². The number of carbonyl (C=O) groups excluding carboxylic acids is 2. The van der Waals surface area contributed by atoms with Gasteiger partial charge in [-0.1, -0.05) is 48.7 Å². The molecule has 0 spiro atoms. The molecule has 0 unspecified atom stereocenters. The Labute approximate surface area is 233 Å². The first-order valence-electron chi connectivity index (χ1n) is 14.0. The van der Waals surface area contributed by atoms with Gasteiger partial charge in [-0.15, -0.1) is 11.3 Å². The molecule has 1 saturated heterocycles. The highest BCUT2D eigenvalue weighted by atomic mass is 32.1. The van der Waals surface area contributed by atoms with Gasteiger partial charge in [0.25, 0.3) is 5.91 Å². The number of aryl methyl sites for hydroxylation is 1. The van der Waals surface area contributed by atoms with E-state index in [0.717, 1.165) is 60.5 Å². The molecule has 2 aliphatic heterocycles. The molecule has 0 radical (unpaired) electrons. The second-order valence-corrected chi connectivity index (χ2v) is 11.7. The summed E-state index contributed by atoms with van der Waals surface area (Å²) in [4.78, 5) is 34.9. The second-order valence-electron chi connectivity index (χ2n) is 10.8. The van der Waals surface area contributed by atoms with Gasteiger partial charge >= 0.3 is 0 Å². The third-order valence-corrected chi connectivity index (χ3v) is 8.98. The fourth-order valence-corrected chi connectivity index (χ4v) is 6.66. The molecule has 39 heavy (non-hydrogen) atoms. The molecule has 1 atom stereocenters. The number of morpholine rings is 1. The summed E-state index contributed by atoms with van der Waals surface area (Å²) < 4.78 is 11.5. The van der Waals surface area contributed by atoms with Crippen LogP contribution in [0.1, 0.15) is 69.5 Å². The van der Waals surface area contributed by atoms with Gasteiger partial charge in [0.05, 0.1) is 19.3 Å². The van der Waals surface area contributed by atoms with Crippen LogP contribution in [0.5, 0.6) is 5.75 Å². The largest absolute Gasteiger partial charge is 0.486 e. The zero-order valence-corrected chi connectivity index (χ0v) is 23.3. The van der Waals surface area contributed by atoms with Crippen LogP contribution in [0.4, 0.5) is 0 Å². The maximum Gasteiger partial charge on any atom is 0.273 e. The number of ether oxygens (including phenoxy) is 2. The Kier molecular flexibility index (Phi) is 7.66. The van der Waals surface area contributed by atoms with Gasteiger partial charge in [-0.2, -0.15) is 0 Å². The number of hydrogen-bond acceptors (Lipinski definition) is 6. The van der Waals surface area contributed by atoms with E-state index in [9.17, 15) is 9.59 Å². The van der Waals surface area contributed by atoms with Gasteiger partial charge in [0.1, 0.15) is 23.1 Å². The van der Waals surface area contributed by atoms with E-state index in [4.69, 9.17) is 9.47 Å². The molecular formula is C31H35N3O4S. The monoisotopic (exact) mass is 545 g/mol. The first kappa shape index (κ1) is 26.0. The zero-order valence-electron chi connectivity index (χ0n) is 22.4. The van der Waals surface area contributed by atoms with Crippen molar-refractivity contribution in [2.75, 3.05) is 32.8 Å². The van der Waals surface area contributed by atoms with Crippen LogP contribution >= 0.6 is 11.3 Å². The SMILES string of the molecule is Cc1ccc([C@@H]2c3cc(OCc4nc(C(=O)N5CCOCC5)cs4)ccc3CCN2C(=O)C2CCCC2)cc1. The lowest BCUT2D eigenvalue weighted by Crippen LogP contribution is -2.43. The number of fused-ring (bicyclic) bond motifs is 1. The van der Waals surface area contributed by atoms with Crippen molar-refractivity contribution in [1.29, 1.82) is 0 Å². The van der Waals surface area contributed by atoms with Gasteiger partial charge in [0, 0.05) is 30.9 Å². The fourth-order valence-electron chi connectivity index (χ4n) is 5.98. The number of nitrogens with zero attached hydrogens (tertiary/aromatic N) is 3. The van der Waals surface area contributed by atoms with Crippen LogP contribution in [0.3, 0.4) is 0 Å². The molecule has 7 nitrogen and oxygen atoms in total. The smallest absolute Gasteiger partial charge is 0.273 e. The van der Waals surface area contributed by atoms with E-state index in [0.29, 0.717) is 38.6 Å². The molecule has 3 aliphatic rings. The molecule has 2 amide bonds. The van der Waals surface area contributed by atoms with Crippen molar-refractivity contribution in [1.82, 2.24) is 14.8 Å². The van der Waals surface area contributed by atoms with Crippen molar-refractivity contribution in [3.8, 4) is 5.75 Å². The van der Waals surface area contributed by atoms with Crippen LogP contribution < -0.4 is 4.74 Å². The summed E-state index contributed by atoms with van der Waals surface area (Å²) >= 11 is 1.44. The molecule has 2 fully saturated rings. The van der Waals surface area contributed by atoms with Gasteiger partial charge in [-0.3, -0.25) is 9.59 Å². The molecular weight excluding hydrogens is 510 g/mol. The Morgan fingerprint density at radius 3 is 2.59 bits per heavy atom. The summed E-state index contributed by atoms with van der Waals surface area (Å²) in [5.74, 6) is 1.12. The molecule has 3 heterocycles. The quantitative estimate of drug-likeness (QED) is 0.428. The Morgan fingerprint density at radius 2 is 1.82 bits per heavy atom. The molecule has 2 aromatic carbocycles. The van der Waals surface area contributed by atoms with Crippen molar-refractivity contribution >= 4 is 23.2 Å².